The van der Waals surface area contributed by atoms with E-state index in [0.29, 0.717) is 5.56 Å². The number of carbonyl (C=O) groups is 1. The minimum absolute atomic E-state index is 0.0702. The molecule has 2 aromatic carbocycles. The Morgan fingerprint density at radius 3 is 2.31 bits per heavy atom. The van der Waals surface area contributed by atoms with Gasteiger partial charge >= 0.3 is 0 Å². The third-order valence-corrected chi connectivity index (χ3v) is 4.33. The van der Waals surface area contributed by atoms with Crippen LogP contribution in [0.4, 0.5) is 0 Å². The fraction of sp³-hybridized carbons (Fsp3) is 0.238. The Balaban J connectivity index is 1.75. The number of hydrogen-bond acceptors (Lipinski definition) is 3. The van der Waals surface area contributed by atoms with Crippen LogP contribution >= 0.6 is 0 Å². The number of carbonyl (C=O) groups excluding carboxylic acids is 1. The first-order valence-electron chi connectivity index (χ1n) is 8.63. The van der Waals surface area contributed by atoms with Gasteiger partial charge in [0.05, 0.1) is 18.8 Å². The normalized spacial score (nSPS) is 12.0. The van der Waals surface area contributed by atoms with E-state index in [9.17, 15) is 4.79 Å². The van der Waals surface area contributed by atoms with E-state index in [1.807, 2.05) is 60.8 Å². The van der Waals surface area contributed by atoms with Gasteiger partial charge in [0.15, 0.2) is 0 Å². The summed E-state index contributed by atoms with van der Waals surface area (Å²) in [5.41, 5.74) is 2.60. The lowest BCUT2D eigenvalue weighted by Gasteiger charge is -2.23. The predicted octanol–water partition coefficient (Wildman–Crippen LogP) is 4.01. The smallest absolute Gasteiger partial charge is 0.251 e. The molecule has 1 N–H and O–H groups in total. The molecule has 0 radical (unpaired) electrons. The molecule has 0 saturated carbocycles. The van der Waals surface area contributed by atoms with Gasteiger partial charge in [0.1, 0.15) is 5.75 Å². The van der Waals surface area contributed by atoms with Crippen LogP contribution in [0.3, 0.4) is 0 Å². The average molecular weight is 349 g/mol. The van der Waals surface area contributed by atoms with Crippen LogP contribution in [0.25, 0.3) is 5.69 Å². The highest BCUT2D eigenvalue weighted by Gasteiger charge is 2.19. The molecule has 134 valence electrons. The summed E-state index contributed by atoms with van der Waals surface area (Å²) >= 11 is 0. The largest absolute Gasteiger partial charge is 0.497 e. The second kappa shape index (κ2) is 7.87. The van der Waals surface area contributed by atoms with Crippen molar-refractivity contribution in [2.45, 2.75) is 19.9 Å². The van der Waals surface area contributed by atoms with Gasteiger partial charge in [-0.1, -0.05) is 26.0 Å². The summed E-state index contributed by atoms with van der Waals surface area (Å²) in [7, 11) is 1.64. The number of methoxy groups -OCH3 is 1. The lowest BCUT2D eigenvalue weighted by atomic mass is 9.95. The van der Waals surface area contributed by atoms with Crippen molar-refractivity contribution in [2.75, 3.05) is 7.11 Å². The zero-order valence-electron chi connectivity index (χ0n) is 15.2. The van der Waals surface area contributed by atoms with E-state index in [4.69, 9.17) is 4.74 Å². The lowest BCUT2D eigenvalue weighted by Crippen LogP contribution is -2.31. The molecule has 1 heterocycles. The zero-order chi connectivity index (χ0) is 18.5. The number of benzene rings is 2. The quantitative estimate of drug-likeness (QED) is 0.731. The third kappa shape index (κ3) is 3.94. The number of nitrogens with zero attached hydrogens (tertiary/aromatic N) is 2. The van der Waals surface area contributed by atoms with Crippen molar-refractivity contribution in [1.29, 1.82) is 0 Å². The minimum Gasteiger partial charge on any atom is -0.497 e. The summed E-state index contributed by atoms with van der Waals surface area (Å²) in [6.07, 6.45) is 3.59. The van der Waals surface area contributed by atoms with Crippen LogP contribution in [-0.2, 0) is 0 Å². The molecular weight excluding hydrogens is 326 g/mol. The Labute approximate surface area is 153 Å². The van der Waals surface area contributed by atoms with Gasteiger partial charge in [-0.3, -0.25) is 4.79 Å². The minimum atomic E-state index is -0.0912. The molecular formula is C21H23N3O2. The average Bonchev–Trinajstić information content (AvgIpc) is 3.21. The van der Waals surface area contributed by atoms with Crippen molar-refractivity contribution in [1.82, 2.24) is 15.1 Å². The second-order valence-electron chi connectivity index (χ2n) is 6.47. The fourth-order valence-corrected chi connectivity index (χ4v) is 2.86. The molecule has 26 heavy (non-hydrogen) atoms. The summed E-state index contributed by atoms with van der Waals surface area (Å²) in [4.78, 5) is 12.7. The van der Waals surface area contributed by atoms with Gasteiger partial charge in [-0.25, -0.2) is 4.68 Å². The first-order valence-corrected chi connectivity index (χ1v) is 8.63. The Hall–Kier alpha value is -3.08. The number of rotatable bonds is 6. The Bertz CT molecular complexity index is 838. The van der Waals surface area contributed by atoms with Crippen LogP contribution in [0, 0.1) is 5.92 Å². The molecule has 0 spiro atoms. The molecule has 0 aliphatic rings. The van der Waals surface area contributed by atoms with Gasteiger partial charge in [0.2, 0.25) is 0 Å². The van der Waals surface area contributed by atoms with E-state index < -0.39 is 0 Å². The fourth-order valence-electron chi connectivity index (χ4n) is 2.86. The number of nitrogens with one attached hydrogen (secondary N) is 1. The summed E-state index contributed by atoms with van der Waals surface area (Å²) < 4.78 is 6.97. The molecule has 0 aliphatic heterocycles. The molecule has 1 amide bonds. The SMILES string of the molecule is COc1ccc([C@@H](NC(=O)c2ccc(-n3cccn3)cc2)C(C)C)cc1. The van der Waals surface area contributed by atoms with Gasteiger partial charge in [0, 0.05) is 18.0 Å². The second-order valence-corrected chi connectivity index (χ2v) is 6.47. The molecule has 0 saturated heterocycles. The summed E-state index contributed by atoms with van der Waals surface area (Å²) in [5, 5.41) is 7.33. The molecule has 1 aromatic heterocycles. The zero-order valence-corrected chi connectivity index (χ0v) is 15.2. The van der Waals surface area contributed by atoms with Crippen LogP contribution in [0.15, 0.2) is 67.0 Å². The van der Waals surface area contributed by atoms with Crippen LogP contribution in [-0.4, -0.2) is 22.8 Å². The van der Waals surface area contributed by atoms with E-state index in [1.165, 1.54) is 0 Å². The highest BCUT2D eigenvalue weighted by Crippen LogP contribution is 2.24. The monoisotopic (exact) mass is 349 g/mol. The first kappa shape index (κ1) is 17.7. The van der Waals surface area contributed by atoms with E-state index in [-0.39, 0.29) is 17.9 Å². The first-order chi connectivity index (χ1) is 12.6. The number of amides is 1. The molecule has 5 nitrogen and oxygen atoms in total. The van der Waals surface area contributed by atoms with Crippen molar-refractivity contribution in [3.8, 4) is 11.4 Å². The van der Waals surface area contributed by atoms with Crippen LogP contribution in [0.2, 0.25) is 0 Å². The Morgan fingerprint density at radius 2 is 1.77 bits per heavy atom. The van der Waals surface area contributed by atoms with Crippen LogP contribution < -0.4 is 10.1 Å². The summed E-state index contributed by atoms with van der Waals surface area (Å²) in [5.74, 6) is 0.971. The van der Waals surface area contributed by atoms with Crippen molar-refractivity contribution < 1.29 is 9.53 Å². The third-order valence-electron chi connectivity index (χ3n) is 4.33. The molecule has 3 rings (SSSR count). The predicted molar refractivity (Wildman–Crippen MR) is 102 cm³/mol. The van der Waals surface area contributed by atoms with Gasteiger partial charge < -0.3 is 10.1 Å². The molecule has 0 aliphatic carbocycles. The van der Waals surface area contributed by atoms with Crippen molar-refractivity contribution >= 4 is 5.91 Å². The molecule has 5 heteroatoms. The number of aromatic nitrogens is 2. The maximum atomic E-state index is 12.7. The van der Waals surface area contributed by atoms with E-state index >= 15 is 0 Å². The maximum absolute atomic E-state index is 12.7. The van der Waals surface area contributed by atoms with Crippen molar-refractivity contribution in [3.05, 3.63) is 78.1 Å². The molecule has 0 bridgehead atoms. The highest BCUT2D eigenvalue weighted by atomic mass is 16.5. The highest BCUT2D eigenvalue weighted by molar-refractivity contribution is 5.94. The summed E-state index contributed by atoms with van der Waals surface area (Å²) in [6.45, 7) is 4.19. The molecule has 0 unspecified atom stereocenters. The van der Waals surface area contributed by atoms with Gasteiger partial charge in [-0.05, 0) is 53.9 Å². The van der Waals surface area contributed by atoms with E-state index in [1.54, 1.807) is 18.0 Å². The number of ether oxygens (including phenoxy) is 1. The van der Waals surface area contributed by atoms with Crippen molar-refractivity contribution in [3.63, 3.8) is 0 Å². The Morgan fingerprint density at radius 1 is 1.08 bits per heavy atom. The lowest BCUT2D eigenvalue weighted by molar-refractivity contribution is 0.0925. The number of hydrogen-bond donors (Lipinski definition) is 1. The van der Waals surface area contributed by atoms with E-state index in [0.717, 1.165) is 17.0 Å². The molecule has 3 aromatic rings. The van der Waals surface area contributed by atoms with Crippen molar-refractivity contribution in [2.24, 2.45) is 5.92 Å². The van der Waals surface area contributed by atoms with Crippen LogP contribution in [0.5, 0.6) is 5.75 Å². The van der Waals surface area contributed by atoms with Gasteiger partial charge in [-0.2, -0.15) is 5.10 Å². The topological polar surface area (TPSA) is 56.1 Å². The van der Waals surface area contributed by atoms with Gasteiger partial charge in [-0.15, -0.1) is 0 Å². The molecule has 1 atom stereocenters. The summed E-state index contributed by atoms with van der Waals surface area (Å²) in [6, 6.07) is 17.0. The standard InChI is InChI=1S/C21H23N3O2/c1-15(2)20(16-7-11-19(26-3)12-8-16)23-21(25)17-5-9-18(10-6-17)24-14-4-13-22-24/h4-15,20H,1-3H3,(H,23,25)/t20-/m0/s1. The van der Waals surface area contributed by atoms with Gasteiger partial charge in [0.25, 0.3) is 5.91 Å². The Kier molecular flexibility index (Phi) is 5.37. The maximum Gasteiger partial charge on any atom is 0.251 e. The van der Waals surface area contributed by atoms with E-state index in [2.05, 4.69) is 24.3 Å². The van der Waals surface area contributed by atoms with Crippen LogP contribution in [0.1, 0.15) is 35.8 Å². The molecule has 0 fully saturated rings.